The van der Waals surface area contributed by atoms with Crippen molar-refractivity contribution in [3.05, 3.63) is 47.8 Å². The predicted octanol–water partition coefficient (Wildman–Crippen LogP) is 4.93. The van der Waals surface area contributed by atoms with Gasteiger partial charge >= 0.3 is 0 Å². The summed E-state index contributed by atoms with van der Waals surface area (Å²) in [6.07, 6.45) is 2.67. The molecule has 3 rings (SSSR count). The lowest BCUT2D eigenvalue weighted by atomic mass is 10.1. The Kier molecular flexibility index (Phi) is 6.40. The molecule has 1 aromatic heterocycles. The highest BCUT2D eigenvalue weighted by molar-refractivity contribution is 5.91. The van der Waals surface area contributed by atoms with E-state index in [0.717, 1.165) is 23.0 Å². The zero-order valence-corrected chi connectivity index (χ0v) is 17.2. The van der Waals surface area contributed by atoms with Crippen LogP contribution in [0, 0.1) is 11.3 Å². The van der Waals surface area contributed by atoms with E-state index in [1.807, 2.05) is 54.8 Å². The molecule has 0 radical (unpaired) electrons. The molecule has 6 heteroatoms. The number of methoxy groups -OCH3 is 2. The maximum Gasteiger partial charge on any atom is 0.203 e. The van der Waals surface area contributed by atoms with Gasteiger partial charge in [0, 0.05) is 6.54 Å². The number of fused-ring (bicyclic) bond motifs is 1. The van der Waals surface area contributed by atoms with Crippen molar-refractivity contribution in [3.8, 4) is 23.3 Å². The van der Waals surface area contributed by atoms with Gasteiger partial charge in [-0.25, -0.2) is 4.98 Å². The van der Waals surface area contributed by atoms with E-state index in [1.54, 1.807) is 20.3 Å². The third kappa shape index (κ3) is 4.04. The fraction of sp³-hybridized carbons (Fsp3) is 0.304. The molecule has 0 fully saturated rings. The van der Waals surface area contributed by atoms with Gasteiger partial charge in [-0.1, -0.05) is 19.1 Å². The van der Waals surface area contributed by atoms with Crippen molar-refractivity contribution in [2.75, 3.05) is 20.8 Å². The lowest BCUT2D eigenvalue weighted by Crippen LogP contribution is -2.02. The molecule has 0 unspecified atom stereocenters. The number of hydrogen-bond acceptors (Lipinski definition) is 5. The van der Waals surface area contributed by atoms with Gasteiger partial charge in [-0.3, -0.25) is 0 Å². The van der Waals surface area contributed by atoms with E-state index in [9.17, 15) is 5.26 Å². The minimum absolute atomic E-state index is 0.467. The normalized spacial score (nSPS) is 11.3. The first-order valence-corrected chi connectivity index (χ1v) is 9.63. The van der Waals surface area contributed by atoms with Crippen LogP contribution in [0.2, 0.25) is 0 Å². The summed E-state index contributed by atoms with van der Waals surface area (Å²) in [6.45, 7) is 5.35. The number of nitrogens with zero attached hydrogens (tertiary/aromatic N) is 3. The standard InChI is InChI=1S/C23H25N3O3/c1-5-11-29-22-20(27-3)13-16(14-21(22)28-4)12-17(15-24)23-25-18-9-7-8-10-19(18)26(23)6-2/h7-10,12-14H,5-6,11H2,1-4H3/b17-12-. The first kappa shape index (κ1) is 20.3. The second-order valence-electron chi connectivity index (χ2n) is 6.44. The van der Waals surface area contributed by atoms with Gasteiger partial charge in [0.25, 0.3) is 0 Å². The van der Waals surface area contributed by atoms with E-state index >= 15 is 0 Å². The Morgan fingerprint density at radius 2 is 1.83 bits per heavy atom. The molecule has 0 bridgehead atoms. The highest BCUT2D eigenvalue weighted by Gasteiger charge is 2.16. The van der Waals surface area contributed by atoms with Crippen molar-refractivity contribution in [2.45, 2.75) is 26.8 Å². The van der Waals surface area contributed by atoms with Gasteiger partial charge < -0.3 is 18.8 Å². The first-order chi connectivity index (χ1) is 14.2. The Labute approximate surface area is 171 Å². The molecule has 0 saturated carbocycles. The Morgan fingerprint density at radius 1 is 1.14 bits per heavy atom. The second kappa shape index (κ2) is 9.16. The van der Waals surface area contributed by atoms with Gasteiger partial charge in [0.2, 0.25) is 5.75 Å². The zero-order chi connectivity index (χ0) is 20.8. The Morgan fingerprint density at radius 3 is 2.41 bits per heavy atom. The lowest BCUT2D eigenvalue weighted by Gasteiger charge is -2.15. The number of ether oxygens (including phenoxy) is 3. The molecule has 29 heavy (non-hydrogen) atoms. The van der Waals surface area contributed by atoms with Crippen molar-refractivity contribution in [1.29, 1.82) is 5.26 Å². The molecule has 0 aliphatic heterocycles. The molecule has 150 valence electrons. The van der Waals surface area contributed by atoms with E-state index in [2.05, 4.69) is 11.1 Å². The van der Waals surface area contributed by atoms with Crippen LogP contribution < -0.4 is 14.2 Å². The topological polar surface area (TPSA) is 69.3 Å². The van der Waals surface area contributed by atoms with Crippen molar-refractivity contribution >= 4 is 22.7 Å². The Bertz CT molecular complexity index is 1050. The summed E-state index contributed by atoms with van der Waals surface area (Å²) >= 11 is 0. The van der Waals surface area contributed by atoms with E-state index in [1.165, 1.54) is 0 Å². The van der Waals surface area contributed by atoms with Crippen LogP contribution in [0.1, 0.15) is 31.7 Å². The number of aromatic nitrogens is 2. The largest absolute Gasteiger partial charge is 0.493 e. The Hall–Kier alpha value is -3.46. The molecule has 3 aromatic rings. The van der Waals surface area contributed by atoms with Crippen molar-refractivity contribution in [3.63, 3.8) is 0 Å². The number of allylic oxidation sites excluding steroid dienone is 1. The number of para-hydroxylation sites is 2. The maximum atomic E-state index is 9.85. The van der Waals surface area contributed by atoms with Crippen molar-refractivity contribution in [1.82, 2.24) is 9.55 Å². The van der Waals surface area contributed by atoms with Gasteiger partial charge in [-0.15, -0.1) is 0 Å². The molecule has 0 aliphatic rings. The summed E-state index contributed by atoms with van der Waals surface area (Å²) in [5.74, 6) is 2.32. The molecule has 0 saturated heterocycles. The molecular formula is C23H25N3O3. The monoisotopic (exact) mass is 391 g/mol. The molecule has 0 spiro atoms. The zero-order valence-electron chi connectivity index (χ0n) is 17.2. The maximum absolute atomic E-state index is 9.85. The molecular weight excluding hydrogens is 366 g/mol. The van der Waals surface area contributed by atoms with Crippen molar-refractivity contribution < 1.29 is 14.2 Å². The third-order valence-corrected chi connectivity index (χ3v) is 4.58. The third-order valence-electron chi connectivity index (χ3n) is 4.58. The molecule has 0 N–H and O–H groups in total. The van der Waals surface area contributed by atoms with Crippen LogP contribution >= 0.6 is 0 Å². The molecule has 0 amide bonds. The molecule has 0 aliphatic carbocycles. The van der Waals surface area contributed by atoms with Gasteiger partial charge in [-0.2, -0.15) is 5.26 Å². The summed E-state index contributed by atoms with van der Waals surface area (Å²) in [5, 5.41) is 9.85. The Balaban J connectivity index is 2.12. The van der Waals surface area contributed by atoms with Crippen LogP contribution in [0.4, 0.5) is 0 Å². The number of benzene rings is 2. The summed E-state index contributed by atoms with van der Waals surface area (Å²) in [6, 6.07) is 13.8. The highest BCUT2D eigenvalue weighted by atomic mass is 16.5. The minimum atomic E-state index is 0.467. The number of imidazole rings is 1. The quantitative estimate of drug-likeness (QED) is 0.510. The SMILES string of the molecule is CCCOc1c(OC)cc(/C=C(/C#N)c2nc3ccccc3n2CC)cc1OC. The van der Waals surface area contributed by atoms with Crippen molar-refractivity contribution in [2.24, 2.45) is 0 Å². The second-order valence-corrected chi connectivity index (χ2v) is 6.44. The molecule has 6 nitrogen and oxygen atoms in total. The highest BCUT2D eigenvalue weighted by Crippen LogP contribution is 2.39. The summed E-state index contributed by atoms with van der Waals surface area (Å²) in [5.41, 5.74) is 3.11. The minimum Gasteiger partial charge on any atom is -0.493 e. The summed E-state index contributed by atoms with van der Waals surface area (Å²) < 4.78 is 18.8. The fourth-order valence-electron chi connectivity index (χ4n) is 3.24. The smallest absolute Gasteiger partial charge is 0.203 e. The van der Waals surface area contributed by atoms with Gasteiger partial charge in [0.1, 0.15) is 6.07 Å². The van der Waals surface area contributed by atoms with Crippen LogP contribution in [0.15, 0.2) is 36.4 Å². The van der Waals surface area contributed by atoms with Gasteiger partial charge in [0.15, 0.2) is 17.3 Å². The molecule has 2 aromatic carbocycles. The van der Waals surface area contributed by atoms with Crippen LogP contribution in [0.5, 0.6) is 17.2 Å². The predicted molar refractivity (Wildman–Crippen MR) is 114 cm³/mol. The molecule has 1 heterocycles. The average molecular weight is 391 g/mol. The number of rotatable bonds is 8. The van der Waals surface area contributed by atoms with Gasteiger partial charge in [-0.05, 0) is 49.2 Å². The van der Waals surface area contributed by atoms with Gasteiger partial charge in [0.05, 0.1) is 37.4 Å². The lowest BCUT2D eigenvalue weighted by molar-refractivity contribution is 0.275. The fourth-order valence-corrected chi connectivity index (χ4v) is 3.24. The summed E-state index contributed by atoms with van der Waals surface area (Å²) in [7, 11) is 3.17. The number of nitriles is 1. The first-order valence-electron chi connectivity index (χ1n) is 9.63. The van der Waals surface area contributed by atoms with E-state index in [4.69, 9.17) is 14.2 Å². The molecule has 0 atom stereocenters. The van der Waals surface area contributed by atoms with E-state index in [-0.39, 0.29) is 0 Å². The van der Waals surface area contributed by atoms with E-state index < -0.39 is 0 Å². The number of hydrogen-bond donors (Lipinski definition) is 0. The van der Waals surface area contributed by atoms with Crippen LogP contribution in [-0.4, -0.2) is 30.4 Å². The van der Waals surface area contributed by atoms with Crippen LogP contribution in [0.3, 0.4) is 0 Å². The summed E-state index contributed by atoms with van der Waals surface area (Å²) in [4.78, 5) is 4.68. The average Bonchev–Trinajstić information content (AvgIpc) is 3.14. The number of aryl methyl sites for hydroxylation is 1. The van der Waals surface area contributed by atoms with E-state index in [0.29, 0.717) is 41.8 Å². The van der Waals surface area contributed by atoms with Crippen LogP contribution in [0.25, 0.3) is 22.7 Å². The van der Waals surface area contributed by atoms with Crippen LogP contribution in [-0.2, 0) is 6.54 Å².